The van der Waals surface area contributed by atoms with Crippen LogP contribution in [0.15, 0.2) is 42.0 Å². The number of rotatable bonds is 11. The lowest BCUT2D eigenvalue weighted by atomic mass is 9.43. The van der Waals surface area contributed by atoms with E-state index in [2.05, 4.69) is 6.92 Å². The number of esters is 2. The summed E-state index contributed by atoms with van der Waals surface area (Å²) in [4.78, 5) is 41.6. The van der Waals surface area contributed by atoms with Gasteiger partial charge in [-0.05, 0) is 103 Å². The zero-order chi connectivity index (χ0) is 43.8. The van der Waals surface area contributed by atoms with Gasteiger partial charge in [-0.15, -0.1) is 0 Å². The monoisotopic (exact) mass is 854 g/mol. The summed E-state index contributed by atoms with van der Waals surface area (Å²) in [6.07, 6.45) is -1.75. The first-order chi connectivity index (χ1) is 29.0. The van der Waals surface area contributed by atoms with Gasteiger partial charge in [0.25, 0.3) is 0 Å². The van der Waals surface area contributed by atoms with Crippen LogP contribution in [0.5, 0.6) is 0 Å². The normalized spacial score (nSPS) is 47.9. The minimum atomic E-state index is -1.22. The van der Waals surface area contributed by atoms with E-state index in [-0.39, 0.29) is 23.7 Å². The lowest BCUT2D eigenvalue weighted by Crippen LogP contribution is -2.70. The third-order valence-corrected chi connectivity index (χ3v) is 16.5. The first kappa shape index (κ1) is 44.8. The van der Waals surface area contributed by atoms with Crippen LogP contribution >= 0.6 is 0 Å². The van der Waals surface area contributed by atoms with Crippen molar-refractivity contribution in [1.82, 2.24) is 0 Å². The molecule has 4 aliphatic carbocycles. The van der Waals surface area contributed by atoms with Crippen LogP contribution in [0, 0.1) is 28.6 Å². The van der Waals surface area contributed by atoms with E-state index in [9.17, 15) is 24.6 Å². The van der Waals surface area contributed by atoms with Crippen LogP contribution in [-0.4, -0.2) is 127 Å². The van der Waals surface area contributed by atoms with Gasteiger partial charge < -0.3 is 52.8 Å². The van der Waals surface area contributed by atoms with Crippen LogP contribution in [0.25, 0.3) is 0 Å². The molecule has 7 aliphatic rings. The number of aliphatic hydroxyl groups is 2. The van der Waals surface area contributed by atoms with E-state index in [1.807, 2.05) is 19.9 Å². The molecule has 19 atom stereocenters. The number of carbonyl (C=O) groups excluding carboxylic acids is 3. The summed E-state index contributed by atoms with van der Waals surface area (Å²) in [5.41, 5.74) is -1.88. The summed E-state index contributed by atoms with van der Waals surface area (Å²) >= 11 is 0. The van der Waals surface area contributed by atoms with Crippen LogP contribution in [0.1, 0.15) is 110 Å². The fraction of sp³-hybridized carbons (Fsp3) is 0.766. The number of ether oxygens (including phenoxy) is 9. The molecule has 14 heteroatoms. The second kappa shape index (κ2) is 16.6. The van der Waals surface area contributed by atoms with E-state index in [0.29, 0.717) is 36.8 Å². The highest BCUT2D eigenvalue weighted by atomic mass is 16.7. The number of hydrogen-bond donors (Lipinski definition) is 2. The van der Waals surface area contributed by atoms with Crippen LogP contribution in [0.3, 0.4) is 0 Å². The van der Waals surface area contributed by atoms with Gasteiger partial charge in [-0.1, -0.05) is 38.1 Å². The van der Waals surface area contributed by atoms with Gasteiger partial charge in [0.2, 0.25) is 0 Å². The Morgan fingerprint density at radius 2 is 1.56 bits per heavy atom. The quantitative estimate of drug-likeness (QED) is 0.128. The van der Waals surface area contributed by atoms with Crippen molar-refractivity contribution in [3.05, 3.63) is 47.5 Å². The summed E-state index contributed by atoms with van der Waals surface area (Å²) < 4.78 is 57.2. The Morgan fingerprint density at radius 3 is 2.23 bits per heavy atom. The third-order valence-electron chi connectivity index (χ3n) is 16.5. The minimum absolute atomic E-state index is 0.0138. The average molecular weight is 855 g/mol. The SMILES string of the molecule is C/C=C(\C)C(=O)O[C@@H]1[C@@H](OC(=O)c2ccccc2)[C@@H]2[C@@]3(C)CC[C@H](O[C@H]4C[C@@H](OC)[C@H](O[C@@H]5O[C@H](C)[C@@H](O)[C@@H](OC)[C@H]5O)[C@@H](C)O4)C[C@@H]3CC[C@]23O[C@@]32CC[C@@H](C(C)=O)[C@@]12C. The molecular weight excluding hydrogens is 789 g/mol. The summed E-state index contributed by atoms with van der Waals surface area (Å²) in [5.74, 6) is -1.61. The maximum Gasteiger partial charge on any atom is 0.338 e. The highest BCUT2D eigenvalue weighted by Crippen LogP contribution is 2.81. The van der Waals surface area contributed by atoms with Crippen molar-refractivity contribution in [2.45, 2.75) is 185 Å². The summed E-state index contributed by atoms with van der Waals surface area (Å²) in [6, 6.07) is 8.87. The number of ketones is 1. The number of carbonyl (C=O) groups is 3. The van der Waals surface area contributed by atoms with Crippen molar-refractivity contribution >= 4 is 17.7 Å². The molecule has 8 rings (SSSR count). The number of hydrogen-bond acceptors (Lipinski definition) is 14. The predicted molar refractivity (Wildman–Crippen MR) is 218 cm³/mol. The Kier molecular flexibility index (Phi) is 12.2. The molecular formula is C47H66O14. The van der Waals surface area contributed by atoms with Crippen molar-refractivity contribution in [2.75, 3.05) is 14.2 Å². The van der Waals surface area contributed by atoms with Crippen LogP contribution in [0.4, 0.5) is 0 Å². The van der Waals surface area contributed by atoms with Crippen molar-refractivity contribution < 1.29 is 67.2 Å². The fourth-order valence-corrected chi connectivity index (χ4v) is 13.2. The van der Waals surface area contributed by atoms with E-state index in [0.717, 1.165) is 25.7 Å². The molecule has 14 nitrogen and oxygen atoms in total. The van der Waals surface area contributed by atoms with Gasteiger partial charge in [0, 0.05) is 43.5 Å². The standard InChI is InChI=1S/C47H66O14/c1-10-24(2)41(51)60-40-38(58-42(52)28-14-12-11-13-15-28)39-44(6)19-17-30(22-29(44)16-20-46(39)47(61-46)21-18-31(25(3)48)45(40,47)7)57-33-23-32(53-8)36(27(5)55-33)59-43-35(50)37(54-9)34(49)26(4)56-43/h10-15,26-27,29-40,43,49-50H,16-23H2,1-9H3/b24-10+/t26-,27-,29+,30+,31+,32-,33+,34-,35-,36-,37-,38+,39-,40-,43+,44+,45+,46+,47-/m1/s1. The van der Waals surface area contributed by atoms with Crippen LogP contribution in [-0.2, 0) is 52.2 Å². The van der Waals surface area contributed by atoms with Crippen molar-refractivity contribution in [3.63, 3.8) is 0 Å². The van der Waals surface area contributed by atoms with Gasteiger partial charge in [0.15, 0.2) is 12.6 Å². The van der Waals surface area contributed by atoms with Gasteiger partial charge in [0.1, 0.15) is 53.6 Å². The molecule has 0 unspecified atom stereocenters. The second-order valence-corrected chi connectivity index (χ2v) is 19.4. The van der Waals surface area contributed by atoms with Gasteiger partial charge in [-0.2, -0.15) is 0 Å². The van der Waals surface area contributed by atoms with Crippen molar-refractivity contribution in [1.29, 1.82) is 0 Å². The molecule has 1 aromatic carbocycles. The van der Waals surface area contributed by atoms with E-state index < -0.39 is 107 Å². The maximum atomic E-state index is 14.2. The number of epoxide rings is 1. The van der Waals surface area contributed by atoms with Crippen LogP contribution in [0.2, 0.25) is 0 Å². The number of benzene rings is 1. The van der Waals surface area contributed by atoms with E-state index >= 15 is 0 Å². The lowest BCUT2D eigenvalue weighted by molar-refractivity contribution is -0.343. The highest BCUT2D eigenvalue weighted by molar-refractivity contribution is 5.90. The topological polar surface area (TPSA) is 178 Å². The van der Waals surface area contributed by atoms with Crippen molar-refractivity contribution in [2.24, 2.45) is 28.6 Å². The van der Waals surface area contributed by atoms with Crippen molar-refractivity contribution in [3.8, 4) is 0 Å². The Morgan fingerprint density at radius 1 is 0.820 bits per heavy atom. The zero-order valence-corrected chi connectivity index (χ0v) is 37.1. The third kappa shape index (κ3) is 7.06. The van der Waals surface area contributed by atoms with Gasteiger partial charge >= 0.3 is 11.9 Å². The molecule has 2 spiro atoms. The number of aliphatic hydroxyl groups excluding tert-OH is 2. The Hall–Kier alpha value is -2.79. The van der Waals surface area contributed by atoms with Gasteiger partial charge in [-0.3, -0.25) is 4.79 Å². The molecule has 4 saturated carbocycles. The fourth-order valence-electron chi connectivity index (χ4n) is 13.2. The second-order valence-electron chi connectivity index (χ2n) is 19.4. The molecule has 3 heterocycles. The largest absolute Gasteiger partial charge is 0.454 e. The summed E-state index contributed by atoms with van der Waals surface area (Å²) in [7, 11) is 3.04. The predicted octanol–water partition coefficient (Wildman–Crippen LogP) is 5.24. The highest BCUT2D eigenvalue weighted by Gasteiger charge is 2.91. The molecule has 338 valence electrons. The summed E-state index contributed by atoms with van der Waals surface area (Å²) in [6.45, 7) is 13.0. The number of Topliss-reactive ketones (excluding diaryl/α,β-unsaturated/α-hetero) is 1. The molecule has 1 aromatic rings. The molecule has 7 fully saturated rings. The smallest absolute Gasteiger partial charge is 0.338 e. The van der Waals surface area contributed by atoms with Crippen LogP contribution < -0.4 is 0 Å². The van der Waals surface area contributed by atoms with E-state index in [4.69, 9.17) is 42.6 Å². The summed E-state index contributed by atoms with van der Waals surface area (Å²) in [5, 5.41) is 21.4. The first-order valence-corrected chi connectivity index (χ1v) is 22.3. The molecule has 0 amide bonds. The average Bonchev–Trinajstić information content (AvgIpc) is 3.79. The molecule has 0 bridgehead atoms. The van der Waals surface area contributed by atoms with E-state index in [1.54, 1.807) is 65.1 Å². The molecule has 3 saturated heterocycles. The number of allylic oxidation sites excluding steroid dienone is 1. The Bertz CT molecular complexity index is 1840. The van der Waals surface area contributed by atoms with E-state index in [1.165, 1.54) is 7.11 Å². The Balaban J connectivity index is 1.04. The zero-order valence-electron chi connectivity index (χ0n) is 37.1. The lowest BCUT2D eigenvalue weighted by Gasteiger charge is -2.61. The molecule has 0 aromatic heterocycles. The number of fused-ring (bicyclic) bond motifs is 2. The maximum absolute atomic E-state index is 14.2. The Labute approximate surface area is 359 Å². The minimum Gasteiger partial charge on any atom is -0.454 e. The number of methoxy groups -OCH3 is 2. The first-order valence-electron chi connectivity index (χ1n) is 22.3. The van der Waals surface area contributed by atoms with Gasteiger partial charge in [-0.25, -0.2) is 9.59 Å². The molecule has 61 heavy (non-hydrogen) atoms. The molecule has 2 N–H and O–H groups in total. The molecule has 3 aliphatic heterocycles. The van der Waals surface area contributed by atoms with Gasteiger partial charge in [0.05, 0.1) is 30.0 Å². The molecule has 0 radical (unpaired) electrons.